The number of allylic oxidation sites excluding steroid dienone is 1. The number of esters is 1. The van der Waals surface area contributed by atoms with Gasteiger partial charge in [-0.05, 0) is 55.8 Å². The summed E-state index contributed by atoms with van der Waals surface area (Å²) in [6.45, 7) is 3.62. The zero-order valence-electron chi connectivity index (χ0n) is 20.2. The molecule has 9 nitrogen and oxygen atoms in total. The van der Waals surface area contributed by atoms with Crippen molar-refractivity contribution in [2.75, 3.05) is 6.61 Å². The highest BCUT2D eigenvalue weighted by molar-refractivity contribution is 7.07. The lowest BCUT2D eigenvalue weighted by Crippen LogP contribution is -2.39. The minimum absolute atomic E-state index is 0.0191. The lowest BCUT2D eigenvalue weighted by molar-refractivity contribution is -0.384. The summed E-state index contributed by atoms with van der Waals surface area (Å²) in [7, 11) is 0. The van der Waals surface area contributed by atoms with Crippen LogP contribution in [0, 0.1) is 10.1 Å². The molecule has 5 rings (SSSR count). The zero-order chi connectivity index (χ0) is 27.0. The number of aromatic nitrogens is 1. The second-order valence-corrected chi connectivity index (χ2v) is 9.81. The molecule has 192 valence electrons. The number of rotatable bonds is 6. The first-order valence-corrected chi connectivity index (χ1v) is 12.8. The smallest absolute Gasteiger partial charge is 0.338 e. The van der Waals surface area contributed by atoms with Crippen molar-refractivity contribution in [3.63, 3.8) is 0 Å². The predicted octanol–water partition coefficient (Wildman–Crippen LogP) is 4.62. The molecule has 0 radical (unpaired) electrons. The van der Waals surface area contributed by atoms with Crippen LogP contribution in [0.3, 0.4) is 0 Å². The first-order chi connectivity index (χ1) is 18.3. The maximum atomic E-state index is 13.7. The Morgan fingerprint density at radius 1 is 1.18 bits per heavy atom. The van der Waals surface area contributed by atoms with Gasteiger partial charge in [-0.15, -0.1) is 0 Å². The normalized spacial score (nSPS) is 15.2. The third-order valence-corrected chi connectivity index (χ3v) is 7.20. The van der Waals surface area contributed by atoms with Gasteiger partial charge in [-0.25, -0.2) is 9.79 Å². The first kappa shape index (κ1) is 25.4. The van der Waals surface area contributed by atoms with Gasteiger partial charge >= 0.3 is 5.97 Å². The molecule has 11 heteroatoms. The molecule has 4 aromatic rings. The number of benzene rings is 2. The standard InChI is InChI=1S/C27H20ClN3O6S/c1-3-36-26(33)23-15(2)29-27-30(24(23)17-4-8-18(28)9-5-17)25(32)22(38-27)14-20-12-13-21(37-20)16-6-10-19(11-7-16)31(34)35/h4-14,24H,3H2,1-2H3/b22-14+. The van der Waals surface area contributed by atoms with Crippen molar-refractivity contribution in [3.05, 3.63) is 118 Å². The molecule has 0 fully saturated rings. The Balaban J connectivity index is 1.59. The second kappa shape index (κ2) is 10.2. The van der Waals surface area contributed by atoms with E-state index in [1.165, 1.54) is 28.0 Å². The van der Waals surface area contributed by atoms with Gasteiger partial charge in [0.15, 0.2) is 4.80 Å². The molecule has 0 aliphatic carbocycles. The number of ether oxygens (including phenoxy) is 1. The van der Waals surface area contributed by atoms with E-state index >= 15 is 0 Å². The van der Waals surface area contributed by atoms with Gasteiger partial charge in [0.25, 0.3) is 11.2 Å². The Hall–Kier alpha value is -4.28. The van der Waals surface area contributed by atoms with E-state index in [1.807, 2.05) is 0 Å². The number of furan rings is 1. The molecule has 1 aliphatic heterocycles. The number of nitro groups is 1. The summed E-state index contributed by atoms with van der Waals surface area (Å²) >= 11 is 7.27. The van der Waals surface area contributed by atoms with Crippen molar-refractivity contribution in [3.8, 4) is 11.3 Å². The van der Waals surface area contributed by atoms with E-state index in [0.717, 1.165) is 0 Å². The van der Waals surface area contributed by atoms with E-state index in [-0.39, 0.29) is 23.4 Å². The van der Waals surface area contributed by atoms with E-state index in [9.17, 15) is 19.7 Å². The second-order valence-electron chi connectivity index (χ2n) is 8.36. The number of thiazole rings is 1. The highest BCUT2D eigenvalue weighted by Crippen LogP contribution is 2.31. The molecule has 0 spiro atoms. The van der Waals surface area contributed by atoms with Gasteiger partial charge in [-0.2, -0.15) is 0 Å². The van der Waals surface area contributed by atoms with Crippen molar-refractivity contribution in [1.82, 2.24) is 4.57 Å². The Kier molecular flexibility index (Phi) is 6.83. The SMILES string of the molecule is CCOC(=O)C1=C(C)N=c2s/c(=C/c3ccc(-c4ccc([N+](=O)[O-])cc4)o3)c(=O)n2C1c1ccc(Cl)cc1. The monoisotopic (exact) mass is 549 g/mol. The fraction of sp³-hybridized carbons (Fsp3) is 0.148. The molecule has 2 aromatic carbocycles. The van der Waals surface area contributed by atoms with Gasteiger partial charge in [0.2, 0.25) is 0 Å². The molecule has 0 saturated heterocycles. The maximum absolute atomic E-state index is 13.7. The molecule has 2 aromatic heterocycles. The minimum Gasteiger partial charge on any atom is -0.463 e. The zero-order valence-corrected chi connectivity index (χ0v) is 21.8. The number of halogens is 1. The minimum atomic E-state index is -0.739. The van der Waals surface area contributed by atoms with Gasteiger partial charge in [0.05, 0.1) is 33.4 Å². The van der Waals surface area contributed by atoms with Crippen LogP contribution in [0.5, 0.6) is 0 Å². The summed E-state index contributed by atoms with van der Waals surface area (Å²) in [6, 6.07) is 15.6. The summed E-state index contributed by atoms with van der Waals surface area (Å²) in [5, 5.41) is 11.4. The van der Waals surface area contributed by atoms with Crippen LogP contribution < -0.4 is 14.9 Å². The van der Waals surface area contributed by atoms with Crippen LogP contribution in [0.4, 0.5) is 5.69 Å². The lowest BCUT2D eigenvalue weighted by atomic mass is 9.96. The molecule has 0 bridgehead atoms. The van der Waals surface area contributed by atoms with Crippen LogP contribution in [0.25, 0.3) is 17.4 Å². The number of carbonyl (C=O) groups excluding carboxylic acids is 1. The third-order valence-electron chi connectivity index (χ3n) is 5.97. The van der Waals surface area contributed by atoms with Crippen LogP contribution in [0.1, 0.15) is 31.2 Å². The molecular weight excluding hydrogens is 530 g/mol. The summed E-state index contributed by atoms with van der Waals surface area (Å²) in [5.74, 6) is 0.383. The van der Waals surface area contributed by atoms with Gasteiger partial charge in [-0.1, -0.05) is 35.1 Å². The molecule has 0 amide bonds. The van der Waals surface area contributed by atoms with E-state index < -0.39 is 16.9 Å². The molecule has 38 heavy (non-hydrogen) atoms. The molecule has 1 aliphatic rings. The van der Waals surface area contributed by atoms with Gasteiger partial charge in [0, 0.05) is 28.8 Å². The summed E-state index contributed by atoms with van der Waals surface area (Å²) in [4.78, 5) is 42.0. The number of non-ortho nitro benzene ring substituents is 1. The quantitative estimate of drug-likeness (QED) is 0.197. The molecule has 1 atom stereocenters. The number of nitrogens with zero attached hydrogens (tertiary/aromatic N) is 3. The third kappa shape index (κ3) is 4.71. The largest absolute Gasteiger partial charge is 0.463 e. The van der Waals surface area contributed by atoms with Crippen molar-refractivity contribution in [1.29, 1.82) is 0 Å². The molecule has 0 N–H and O–H groups in total. The van der Waals surface area contributed by atoms with E-state index in [0.29, 0.717) is 42.7 Å². The summed E-state index contributed by atoms with van der Waals surface area (Å²) < 4.78 is 13.0. The summed E-state index contributed by atoms with van der Waals surface area (Å²) in [5.41, 5.74) is 1.75. The van der Waals surface area contributed by atoms with Gasteiger partial charge < -0.3 is 9.15 Å². The molecule has 0 saturated carbocycles. The molecular formula is C27H20ClN3O6S. The highest BCUT2D eigenvalue weighted by atomic mass is 35.5. The van der Waals surface area contributed by atoms with E-state index in [4.69, 9.17) is 20.8 Å². The van der Waals surface area contributed by atoms with Crippen molar-refractivity contribution in [2.24, 2.45) is 4.99 Å². The number of fused-ring (bicyclic) bond motifs is 1. The van der Waals surface area contributed by atoms with Crippen LogP contribution >= 0.6 is 22.9 Å². The average Bonchev–Trinajstić information content (AvgIpc) is 3.48. The fourth-order valence-corrected chi connectivity index (χ4v) is 5.37. The van der Waals surface area contributed by atoms with Crippen molar-refractivity contribution in [2.45, 2.75) is 19.9 Å². The Bertz CT molecular complexity index is 1760. The topological polar surface area (TPSA) is 117 Å². The summed E-state index contributed by atoms with van der Waals surface area (Å²) in [6.07, 6.45) is 1.61. The van der Waals surface area contributed by atoms with Gasteiger partial charge in [0.1, 0.15) is 11.5 Å². The average molecular weight is 550 g/mol. The van der Waals surface area contributed by atoms with E-state index in [1.54, 1.807) is 68.5 Å². The Labute approximate surface area is 224 Å². The first-order valence-electron chi connectivity index (χ1n) is 11.6. The predicted molar refractivity (Wildman–Crippen MR) is 143 cm³/mol. The van der Waals surface area contributed by atoms with Crippen molar-refractivity contribution < 1.29 is 18.9 Å². The van der Waals surface area contributed by atoms with Crippen molar-refractivity contribution >= 4 is 40.7 Å². The van der Waals surface area contributed by atoms with Crippen LogP contribution in [-0.4, -0.2) is 22.1 Å². The number of nitro benzene ring substituents is 1. The lowest BCUT2D eigenvalue weighted by Gasteiger charge is -2.24. The van der Waals surface area contributed by atoms with Gasteiger partial charge in [-0.3, -0.25) is 19.5 Å². The van der Waals surface area contributed by atoms with Crippen LogP contribution in [-0.2, 0) is 9.53 Å². The molecule has 1 unspecified atom stereocenters. The highest BCUT2D eigenvalue weighted by Gasteiger charge is 2.33. The maximum Gasteiger partial charge on any atom is 0.338 e. The Morgan fingerprint density at radius 2 is 1.89 bits per heavy atom. The number of hydrogen-bond donors (Lipinski definition) is 0. The fourth-order valence-electron chi connectivity index (χ4n) is 4.21. The van der Waals surface area contributed by atoms with Crippen LogP contribution in [0.15, 0.2) is 86.1 Å². The number of hydrogen-bond acceptors (Lipinski definition) is 8. The Morgan fingerprint density at radius 3 is 2.55 bits per heavy atom. The number of carbonyl (C=O) groups is 1. The van der Waals surface area contributed by atoms with E-state index in [2.05, 4.69) is 4.99 Å². The molecule has 3 heterocycles. The van der Waals surface area contributed by atoms with Crippen LogP contribution in [0.2, 0.25) is 5.02 Å².